The first-order valence-corrected chi connectivity index (χ1v) is 4.81. The molecule has 0 saturated carbocycles. The second-order valence-corrected chi connectivity index (χ2v) is 3.40. The molecule has 4 heteroatoms. The predicted molar refractivity (Wildman–Crippen MR) is 49.7 cm³/mol. The molecule has 0 aromatic rings. The Hall–Kier alpha value is -0.160. The fourth-order valence-electron chi connectivity index (χ4n) is 1.46. The van der Waals surface area contributed by atoms with E-state index in [9.17, 15) is 5.11 Å². The first-order chi connectivity index (χ1) is 6.33. The molecular weight excluding hydrogens is 170 g/mol. The van der Waals surface area contributed by atoms with Crippen molar-refractivity contribution in [2.75, 3.05) is 33.5 Å². The van der Waals surface area contributed by atoms with E-state index in [0.29, 0.717) is 19.2 Å². The molecule has 0 aliphatic carbocycles. The average Bonchev–Trinajstić information content (AvgIpc) is 2.17. The minimum Gasteiger partial charge on any atom is -0.389 e. The van der Waals surface area contributed by atoms with Crippen LogP contribution in [-0.2, 0) is 9.47 Å². The normalized spacial score (nSPS) is 21.7. The fourth-order valence-corrected chi connectivity index (χ4v) is 1.46. The maximum absolute atomic E-state index is 9.36. The SMILES string of the molecule is COCC(O)CNC1CCOCC1. The Kier molecular flexibility index (Phi) is 5.31. The zero-order chi connectivity index (χ0) is 9.52. The summed E-state index contributed by atoms with van der Waals surface area (Å²) in [6, 6.07) is 0.500. The topological polar surface area (TPSA) is 50.7 Å². The van der Waals surface area contributed by atoms with Gasteiger partial charge >= 0.3 is 0 Å². The van der Waals surface area contributed by atoms with Crippen molar-refractivity contribution in [3.63, 3.8) is 0 Å². The lowest BCUT2D eigenvalue weighted by Crippen LogP contribution is -2.40. The molecule has 0 aromatic carbocycles. The van der Waals surface area contributed by atoms with Crippen LogP contribution in [0.4, 0.5) is 0 Å². The Morgan fingerprint density at radius 2 is 2.23 bits per heavy atom. The van der Waals surface area contributed by atoms with Crippen molar-refractivity contribution in [2.24, 2.45) is 0 Å². The van der Waals surface area contributed by atoms with Crippen LogP contribution in [0.2, 0.25) is 0 Å². The van der Waals surface area contributed by atoms with E-state index in [2.05, 4.69) is 5.32 Å². The van der Waals surface area contributed by atoms with Crippen LogP contribution in [-0.4, -0.2) is 50.7 Å². The summed E-state index contributed by atoms with van der Waals surface area (Å²) in [6.45, 7) is 2.67. The van der Waals surface area contributed by atoms with Crippen LogP contribution in [0, 0.1) is 0 Å². The lowest BCUT2D eigenvalue weighted by molar-refractivity contribution is 0.0495. The molecule has 0 spiro atoms. The lowest BCUT2D eigenvalue weighted by Gasteiger charge is -2.24. The number of hydrogen-bond donors (Lipinski definition) is 2. The van der Waals surface area contributed by atoms with Crippen molar-refractivity contribution < 1.29 is 14.6 Å². The van der Waals surface area contributed by atoms with Gasteiger partial charge in [-0.1, -0.05) is 0 Å². The summed E-state index contributed by atoms with van der Waals surface area (Å²) in [5, 5.41) is 12.7. The van der Waals surface area contributed by atoms with Gasteiger partial charge in [-0.3, -0.25) is 0 Å². The molecule has 1 rings (SSSR count). The molecule has 1 saturated heterocycles. The summed E-state index contributed by atoms with van der Waals surface area (Å²) in [4.78, 5) is 0. The molecule has 1 fully saturated rings. The van der Waals surface area contributed by atoms with E-state index in [1.165, 1.54) is 0 Å². The van der Waals surface area contributed by atoms with E-state index in [-0.39, 0.29) is 0 Å². The van der Waals surface area contributed by atoms with Gasteiger partial charge in [-0.05, 0) is 12.8 Å². The fraction of sp³-hybridized carbons (Fsp3) is 1.00. The summed E-state index contributed by atoms with van der Waals surface area (Å²) in [5.41, 5.74) is 0. The average molecular weight is 189 g/mol. The molecule has 2 N–H and O–H groups in total. The van der Waals surface area contributed by atoms with Gasteiger partial charge in [-0.2, -0.15) is 0 Å². The highest BCUT2D eigenvalue weighted by atomic mass is 16.5. The van der Waals surface area contributed by atoms with E-state index in [0.717, 1.165) is 26.1 Å². The van der Waals surface area contributed by atoms with Crippen LogP contribution in [0.1, 0.15) is 12.8 Å². The van der Waals surface area contributed by atoms with Gasteiger partial charge in [0.1, 0.15) is 0 Å². The number of aliphatic hydroxyl groups is 1. The molecule has 4 nitrogen and oxygen atoms in total. The van der Waals surface area contributed by atoms with E-state index in [4.69, 9.17) is 9.47 Å². The third kappa shape index (κ3) is 4.57. The van der Waals surface area contributed by atoms with Crippen LogP contribution in [0.3, 0.4) is 0 Å². The minimum atomic E-state index is -0.396. The number of methoxy groups -OCH3 is 1. The van der Waals surface area contributed by atoms with Gasteiger partial charge in [0.2, 0.25) is 0 Å². The maximum atomic E-state index is 9.36. The molecule has 78 valence electrons. The van der Waals surface area contributed by atoms with Gasteiger partial charge in [0, 0.05) is 32.9 Å². The Morgan fingerprint density at radius 3 is 2.85 bits per heavy atom. The van der Waals surface area contributed by atoms with Crippen LogP contribution in [0.5, 0.6) is 0 Å². The summed E-state index contributed by atoms with van der Waals surface area (Å²) in [6.07, 6.45) is 1.69. The van der Waals surface area contributed by atoms with Gasteiger partial charge in [-0.15, -0.1) is 0 Å². The highest BCUT2D eigenvalue weighted by Gasteiger charge is 2.14. The Bertz CT molecular complexity index is 126. The molecule has 1 heterocycles. The third-order valence-corrected chi connectivity index (χ3v) is 2.22. The molecule has 0 bridgehead atoms. The Labute approximate surface area is 79.2 Å². The first kappa shape index (κ1) is 10.9. The van der Waals surface area contributed by atoms with Crippen LogP contribution in [0.15, 0.2) is 0 Å². The van der Waals surface area contributed by atoms with Crippen molar-refractivity contribution in [3.05, 3.63) is 0 Å². The monoisotopic (exact) mass is 189 g/mol. The molecule has 13 heavy (non-hydrogen) atoms. The smallest absolute Gasteiger partial charge is 0.0897 e. The van der Waals surface area contributed by atoms with Gasteiger partial charge in [0.05, 0.1) is 12.7 Å². The number of aliphatic hydroxyl groups excluding tert-OH is 1. The largest absolute Gasteiger partial charge is 0.389 e. The van der Waals surface area contributed by atoms with Crippen LogP contribution >= 0.6 is 0 Å². The summed E-state index contributed by atoms with van der Waals surface area (Å²) >= 11 is 0. The molecule has 1 aliphatic heterocycles. The van der Waals surface area contributed by atoms with Crippen molar-refractivity contribution >= 4 is 0 Å². The number of nitrogens with one attached hydrogen (secondary N) is 1. The molecule has 0 aromatic heterocycles. The van der Waals surface area contributed by atoms with Crippen molar-refractivity contribution in [3.8, 4) is 0 Å². The van der Waals surface area contributed by atoms with E-state index in [1.807, 2.05) is 0 Å². The quantitative estimate of drug-likeness (QED) is 0.627. The highest BCUT2D eigenvalue weighted by molar-refractivity contribution is 4.71. The molecule has 0 amide bonds. The van der Waals surface area contributed by atoms with Crippen molar-refractivity contribution in [1.29, 1.82) is 0 Å². The van der Waals surface area contributed by atoms with Crippen LogP contribution in [0.25, 0.3) is 0 Å². The Morgan fingerprint density at radius 1 is 1.54 bits per heavy atom. The zero-order valence-corrected chi connectivity index (χ0v) is 8.16. The summed E-state index contributed by atoms with van der Waals surface area (Å²) < 4.78 is 10.1. The Balaban J connectivity index is 2.03. The lowest BCUT2D eigenvalue weighted by atomic mass is 10.1. The summed E-state index contributed by atoms with van der Waals surface area (Å²) in [5.74, 6) is 0. The second-order valence-electron chi connectivity index (χ2n) is 3.40. The van der Waals surface area contributed by atoms with E-state index in [1.54, 1.807) is 7.11 Å². The molecule has 1 atom stereocenters. The first-order valence-electron chi connectivity index (χ1n) is 4.81. The number of hydrogen-bond acceptors (Lipinski definition) is 4. The predicted octanol–water partition coefficient (Wildman–Crippen LogP) is -0.238. The molecule has 1 unspecified atom stereocenters. The zero-order valence-electron chi connectivity index (χ0n) is 8.16. The van der Waals surface area contributed by atoms with Crippen LogP contribution < -0.4 is 5.32 Å². The van der Waals surface area contributed by atoms with Gasteiger partial charge in [-0.25, -0.2) is 0 Å². The van der Waals surface area contributed by atoms with Crippen molar-refractivity contribution in [2.45, 2.75) is 25.0 Å². The second kappa shape index (κ2) is 6.32. The molecule has 0 radical (unpaired) electrons. The van der Waals surface area contributed by atoms with Gasteiger partial charge < -0.3 is 19.9 Å². The van der Waals surface area contributed by atoms with Crippen molar-refractivity contribution in [1.82, 2.24) is 5.32 Å². The third-order valence-electron chi connectivity index (χ3n) is 2.22. The standard InChI is InChI=1S/C9H19NO3/c1-12-7-9(11)6-10-8-2-4-13-5-3-8/h8-11H,2-7H2,1H3. The van der Waals surface area contributed by atoms with Gasteiger partial charge in [0.15, 0.2) is 0 Å². The van der Waals surface area contributed by atoms with E-state index < -0.39 is 6.10 Å². The van der Waals surface area contributed by atoms with Gasteiger partial charge in [0.25, 0.3) is 0 Å². The summed E-state index contributed by atoms with van der Waals surface area (Å²) in [7, 11) is 1.59. The molecule has 1 aliphatic rings. The maximum Gasteiger partial charge on any atom is 0.0897 e. The number of rotatable bonds is 5. The minimum absolute atomic E-state index is 0.396. The van der Waals surface area contributed by atoms with E-state index >= 15 is 0 Å². The number of ether oxygens (including phenoxy) is 2. The molecular formula is C9H19NO3. The highest BCUT2D eigenvalue weighted by Crippen LogP contribution is 2.05.